The molecule has 0 aromatic heterocycles. The summed E-state index contributed by atoms with van der Waals surface area (Å²) in [5, 5.41) is 10.3. The number of aliphatic hydroxyl groups excluding tert-OH is 1. The molecule has 10 heteroatoms. The zero-order chi connectivity index (χ0) is 28.9. The Hall–Kier alpha value is -3.11. The Bertz CT molecular complexity index is 1400. The number of fused-ring (bicyclic) bond motifs is 1. The second-order valence-electron chi connectivity index (χ2n) is 10.5. The molecule has 0 saturated carbocycles. The van der Waals surface area contributed by atoms with Crippen LogP contribution in [-0.4, -0.2) is 68.1 Å². The van der Waals surface area contributed by atoms with Crippen molar-refractivity contribution in [3.05, 3.63) is 88.9 Å². The predicted molar refractivity (Wildman–Crippen MR) is 157 cm³/mol. The minimum absolute atomic E-state index is 0.00941. The molecule has 1 aliphatic rings. The van der Waals surface area contributed by atoms with Gasteiger partial charge in [-0.2, -0.15) is 0 Å². The van der Waals surface area contributed by atoms with E-state index in [0.29, 0.717) is 35.1 Å². The van der Waals surface area contributed by atoms with Crippen LogP contribution >= 0.6 is 11.6 Å². The maximum atomic E-state index is 13.4. The van der Waals surface area contributed by atoms with Gasteiger partial charge in [0.25, 0.3) is 10.0 Å². The third-order valence-corrected chi connectivity index (χ3v) is 8.73. The number of hydrogen-bond donors (Lipinski definition) is 2. The normalized spacial score (nSPS) is 18.8. The van der Waals surface area contributed by atoms with E-state index in [4.69, 9.17) is 16.3 Å². The lowest BCUT2D eigenvalue weighted by atomic mass is 10.0. The Labute approximate surface area is 241 Å². The van der Waals surface area contributed by atoms with Crippen LogP contribution in [0, 0.1) is 5.92 Å². The second kappa shape index (κ2) is 13.0. The lowest BCUT2D eigenvalue weighted by Crippen LogP contribution is -2.47. The summed E-state index contributed by atoms with van der Waals surface area (Å²) in [6, 6.07) is 20.7. The molecule has 2 N–H and O–H groups in total. The molecule has 3 atom stereocenters. The molecule has 0 unspecified atom stereocenters. The van der Waals surface area contributed by atoms with E-state index in [9.17, 15) is 18.3 Å². The summed E-state index contributed by atoms with van der Waals surface area (Å²) in [5.41, 5.74) is 2.07. The molecular formula is C30H36ClN3O5S. The van der Waals surface area contributed by atoms with Gasteiger partial charge >= 0.3 is 0 Å². The Morgan fingerprint density at radius 3 is 2.50 bits per heavy atom. The molecule has 3 aromatic carbocycles. The molecular weight excluding hydrogens is 550 g/mol. The number of ether oxygens (including phenoxy) is 1. The van der Waals surface area contributed by atoms with Crippen molar-refractivity contribution in [2.24, 2.45) is 5.92 Å². The fraction of sp³-hybridized carbons (Fsp3) is 0.367. The monoisotopic (exact) mass is 585 g/mol. The van der Waals surface area contributed by atoms with Gasteiger partial charge in [-0.05, 0) is 62.0 Å². The number of benzene rings is 3. The van der Waals surface area contributed by atoms with E-state index in [0.717, 1.165) is 6.54 Å². The van der Waals surface area contributed by atoms with Crippen LogP contribution in [0.1, 0.15) is 25.0 Å². The maximum absolute atomic E-state index is 13.4. The molecule has 0 radical (unpaired) electrons. The molecule has 8 nitrogen and oxygen atoms in total. The van der Waals surface area contributed by atoms with Gasteiger partial charge in [-0.3, -0.25) is 14.4 Å². The Morgan fingerprint density at radius 2 is 1.82 bits per heavy atom. The van der Waals surface area contributed by atoms with Gasteiger partial charge < -0.3 is 14.7 Å². The van der Waals surface area contributed by atoms with Gasteiger partial charge in [0.15, 0.2) is 0 Å². The lowest BCUT2D eigenvalue weighted by Gasteiger charge is -2.34. The van der Waals surface area contributed by atoms with Crippen LogP contribution in [0.2, 0.25) is 5.02 Å². The summed E-state index contributed by atoms with van der Waals surface area (Å²) in [7, 11) is -1.84. The molecule has 1 heterocycles. The SMILES string of the molecule is C[C@@H]1CN([C@H](C)CO)C(=O)Cc2cc(NS(=O)(=O)c3ccc(Cl)cc3)ccc2O[C@H]1CN(C)Cc1ccccc1. The smallest absolute Gasteiger partial charge is 0.261 e. The van der Waals surface area contributed by atoms with Crippen molar-refractivity contribution in [2.45, 2.75) is 43.9 Å². The number of carbonyl (C=O) groups excluding carboxylic acids is 1. The third-order valence-electron chi connectivity index (χ3n) is 7.08. The zero-order valence-electron chi connectivity index (χ0n) is 23.0. The number of anilines is 1. The van der Waals surface area contributed by atoms with Crippen molar-refractivity contribution in [1.82, 2.24) is 9.80 Å². The number of likely N-dealkylation sites (N-methyl/N-ethyl adjacent to an activating group) is 1. The van der Waals surface area contributed by atoms with Crippen LogP contribution in [0.3, 0.4) is 0 Å². The van der Waals surface area contributed by atoms with Crippen LogP contribution in [0.5, 0.6) is 5.75 Å². The first kappa shape index (κ1) is 29.9. The van der Waals surface area contributed by atoms with E-state index in [-0.39, 0.29) is 41.9 Å². The molecule has 1 amide bonds. The van der Waals surface area contributed by atoms with Crippen LogP contribution in [0.4, 0.5) is 5.69 Å². The van der Waals surface area contributed by atoms with Crippen LogP contribution < -0.4 is 9.46 Å². The van der Waals surface area contributed by atoms with E-state index in [1.807, 2.05) is 39.1 Å². The van der Waals surface area contributed by atoms with Gasteiger partial charge in [-0.15, -0.1) is 0 Å². The van der Waals surface area contributed by atoms with Crippen molar-refractivity contribution < 1.29 is 23.1 Å². The average Bonchev–Trinajstić information content (AvgIpc) is 2.96. The summed E-state index contributed by atoms with van der Waals surface area (Å²) in [4.78, 5) is 17.4. The Balaban J connectivity index is 1.63. The Kier molecular flexibility index (Phi) is 9.73. The quantitative estimate of drug-likeness (QED) is 0.386. The predicted octanol–water partition coefficient (Wildman–Crippen LogP) is 4.42. The molecule has 214 valence electrons. The molecule has 0 fully saturated rings. The van der Waals surface area contributed by atoms with E-state index >= 15 is 0 Å². The first-order valence-electron chi connectivity index (χ1n) is 13.3. The summed E-state index contributed by atoms with van der Waals surface area (Å²) in [6.45, 7) is 5.47. The first-order chi connectivity index (χ1) is 19.1. The fourth-order valence-electron chi connectivity index (χ4n) is 4.81. The molecule has 40 heavy (non-hydrogen) atoms. The first-order valence-corrected chi connectivity index (χ1v) is 15.1. The lowest BCUT2D eigenvalue weighted by molar-refractivity contribution is -0.134. The molecule has 1 aliphatic heterocycles. The molecule has 0 aliphatic carbocycles. The number of carbonyl (C=O) groups is 1. The number of sulfonamides is 1. The van der Waals surface area contributed by atoms with Gasteiger partial charge in [0.2, 0.25) is 5.91 Å². The minimum atomic E-state index is -3.87. The van der Waals surface area contributed by atoms with E-state index in [1.54, 1.807) is 23.1 Å². The highest BCUT2D eigenvalue weighted by Crippen LogP contribution is 2.30. The van der Waals surface area contributed by atoms with Crippen molar-refractivity contribution in [1.29, 1.82) is 0 Å². The van der Waals surface area contributed by atoms with E-state index in [2.05, 4.69) is 21.8 Å². The van der Waals surface area contributed by atoms with E-state index in [1.165, 1.54) is 29.8 Å². The molecule has 4 rings (SSSR count). The number of rotatable bonds is 9. The number of amides is 1. The number of halogens is 1. The Morgan fingerprint density at radius 1 is 1.12 bits per heavy atom. The highest BCUT2D eigenvalue weighted by Gasteiger charge is 2.31. The number of hydrogen-bond acceptors (Lipinski definition) is 6. The van der Waals surface area contributed by atoms with Gasteiger partial charge in [-0.25, -0.2) is 8.42 Å². The molecule has 0 saturated heterocycles. The summed E-state index contributed by atoms with van der Waals surface area (Å²) < 4.78 is 35.1. The number of nitrogens with zero attached hydrogens (tertiary/aromatic N) is 2. The molecule has 3 aromatic rings. The molecule has 0 bridgehead atoms. The third kappa shape index (κ3) is 7.54. The van der Waals surface area contributed by atoms with E-state index < -0.39 is 10.0 Å². The maximum Gasteiger partial charge on any atom is 0.261 e. The topological polar surface area (TPSA) is 99.2 Å². The minimum Gasteiger partial charge on any atom is -0.488 e. The van der Waals surface area contributed by atoms with Crippen LogP contribution in [-0.2, 0) is 27.8 Å². The average molecular weight is 586 g/mol. The van der Waals surface area contributed by atoms with Crippen molar-refractivity contribution >= 4 is 33.2 Å². The van der Waals surface area contributed by atoms with Crippen molar-refractivity contribution in [2.75, 3.05) is 31.5 Å². The van der Waals surface area contributed by atoms with Gasteiger partial charge in [0.05, 0.1) is 24.0 Å². The highest BCUT2D eigenvalue weighted by molar-refractivity contribution is 7.92. The van der Waals surface area contributed by atoms with Crippen LogP contribution in [0.25, 0.3) is 0 Å². The van der Waals surface area contributed by atoms with Gasteiger partial charge in [0.1, 0.15) is 11.9 Å². The number of nitrogens with one attached hydrogen (secondary N) is 1. The number of aliphatic hydroxyl groups is 1. The van der Waals surface area contributed by atoms with Crippen LogP contribution in [0.15, 0.2) is 77.7 Å². The zero-order valence-corrected chi connectivity index (χ0v) is 24.5. The summed E-state index contributed by atoms with van der Waals surface area (Å²) in [5.74, 6) is 0.339. The standard InChI is InChI=1S/C30H36ClN3O5S/c1-21-17-34(22(2)20-35)30(36)16-24-15-26(32-40(37,38)27-12-9-25(31)10-13-27)11-14-28(24)39-29(21)19-33(3)18-23-7-5-4-6-8-23/h4-15,21-22,29,32,35H,16-20H2,1-3H3/t21-,22-,29+/m1/s1. The summed E-state index contributed by atoms with van der Waals surface area (Å²) in [6.07, 6.45) is -0.251. The largest absolute Gasteiger partial charge is 0.488 e. The fourth-order valence-corrected chi connectivity index (χ4v) is 5.98. The summed E-state index contributed by atoms with van der Waals surface area (Å²) >= 11 is 5.91. The highest BCUT2D eigenvalue weighted by atomic mass is 35.5. The van der Waals surface area contributed by atoms with Gasteiger partial charge in [0, 0.05) is 41.8 Å². The van der Waals surface area contributed by atoms with Crippen molar-refractivity contribution in [3.8, 4) is 5.75 Å². The second-order valence-corrected chi connectivity index (χ2v) is 12.6. The van der Waals surface area contributed by atoms with Gasteiger partial charge in [-0.1, -0.05) is 48.9 Å². The molecule has 0 spiro atoms. The van der Waals surface area contributed by atoms with Crippen molar-refractivity contribution in [3.63, 3.8) is 0 Å².